The van der Waals surface area contributed by atoms with Gasteiger partial charge in [0.25, 0.3) is 0 Å². The van der Waals surface area contributed by atoms with Gasteiger partial charge in [-0.1, -0.05) is 212 Å². The maximum atomic E-state index is 7.13. The predicted molar refractivity (Wildman–Crippen MR) is 282 cm³/mol. The van der Waals surface area contributed by atoms with Crippen LogP contribution in [-0.2, 0) is 0 Å². The number of para-hydroxylation sites is 1. The SMILES string of the molecule is c1ccc([Si](c2ccccc2)(c2ccccc2)c2ccc3c4c(cccc24)-c2ccc(-c4c5ccccc5c(-c5ccc6c7c(cccc57)Oc5ccccc5-6)c5ccccc45)cc2O3)cc1. The first-order chi connectivity index (χ1) is 33.3. The summed E-state index contributed by atoms with van der Waals surface area (Å²) in [6.07, 6.45) is 0. The van der Waals surface area contributed by atoms with Crippen LogP contribution in [0.15, 0.2) is 243 Å². The average molecular weight is 869 g/mol. The monoisotopic (exact) mass is 868 g/mol. The number of fused-ring (bicyclic) bond motifs is 6. The fourth-order valence-electron chi connectivity index (χ4n) is 11.7. The van der Waals surface area contributed by atoms with Crippen LogP contribution in [0.1, 0.15) is 0 Å². The lowest BCUT2D eigenvalue weighted by Gasteiger charge is -2.36. The normalized spacial score (nSPS) is 12.4. The summed E-state index contributed by atoms with van der Waals surface area (Å²) < 4.78 is 13.7. The van der Waals surface area contributed by atoms with Gasteiger partial charge in [-0.05, 0) is 117 Å². The molecule has 0 amide bonds. The summed E-state index contributed by atoms with van der Waals surface area (Å²) in [5, 5.41) is 14.9. The lowest BCUT2D eigenvalue weighted by molar-refractivity contribution is 0.487. The summed E-state index contributed by atoms with van der Waals surface area (Å²) >= 11 is 0. The summed E-state index contributed by atoms with van der Waals surface area (Å²) in [7, 11) is -2.82. The van der Waals surface area contributed by atoms with Crippen LogP contribution in [0.3, 0.4) is 0 Å². The highest BCUT2D eigenvalue weighted by Crippen LogP contribution is 2.53. The summed E-state index contributed by atoms with van der Waals surface area (Å²) in [5.41, 5.74) is 9.36. The van der Waals surface area contributed by atoms with Crippen LogP contribution in [0.4, 0.5) is 0 Å². The predicted octanol–water partition coefficient (Wildman–Crippen LogP) is 14.6. The smallest absolute Gasteiger partial charge is 0.180 e. The van der Waals surface area contributed by atoms with E-state index in [-0.39, 0.29) is 0 Å². The van der Waals surface area contributed by atoms with Crippen molar-refractivity contribution in [3.63, 3.8) is 0 Å². The zero-order chi connectivity index (χ0) is 44.1. The Balaban J connectivity index is 0.961. The maximum Gasteiger partial charge on any atom is 0.180 e. The Kier molecular flexibility index (Phi) is 8.34. The van der Waals surface area contributed by atoms with E-state index >= 15 is 0 Å². The first-order valence-electron chi connectivity index (χ1n) is 23.1. The van der Waals surface area contributed by atoms with Crippen molar-refractivity contribution < 1.29 is 9.47 Å². The van der Waals surface area contributed by atoms with Gasteiger partial charge in [-0.25, -0.2) is 0 Å². The highest BCUT2D eigenvalue weighted by molar-refractivity contribution is 7.20. The number of ether oxygens (including phenoxy) is 2. The Morgan fingerprint density at radius 1 is 0.254 bits per heavy atom. The number of rotatable bonds is 6. The molecule has 0 saturated carbocycles. The van der Waals surface area contributed by atoms with Gasteiger partial charge in [0.2, 0.25) is 0 Å². The molecule has 0 aromatic heterocycles. The van der Waals surface area contributed by atoms with Gasteiger partial charge >= 0.3 is 0 Å². The van der Waals surface area contributed by atoms with Crippen LogP contribution in [-0.4, -0.2) is 8.07 Å². The van der Waals surface area contributed by atoms with Gasteiger partial charge in [-0.2, -0.15) is 0 Å². The molecule has 0 aliphatic carbocycles. The Bertz CT molecular complexity index is 3820. The lowest BCUT2D eigenvalue weighted by Crippen LogP contribution is -2.74. The number of hydrogen-bond donors (Lipinski definition) is 0. The molecule has 67 heavy (non-hydrogen) atoms. The van der Waals surface area contributed by atoms with Crippen LogP contribution >= 0.6 is 0 Å². The molecule has 2 heterocycles. The highest BCUT2D eigenvalue weighted by atomic mass is 28.3. The van der Waals surface area contributed by atoms with Crippen LogP contribution in [0, 0.1) is 0 Å². The van der Waals surface area contributed by atoms with E-state index in [9.17, 15) is 0 Å². The standard InChI is InChI=1S/C64H40O2Si/c1-4-18-42(19-5-1)67(43-20-6-2-7-21-43,44-22-8-3-9-23-44)60-39-38-58-64-47(29-16-31-55(60)64)46-35-34-41(40-59(46)66-58)61-48-25-10-12-27-50(48)62(51-28-13-11-26-49(51)61)54-37-36-53-45-24-14-15-32-56(45)65-57-33-17-30-52(54)63(53)57/h1-40H. The number of benzene rings is 12. The van der Waals surface area contributed by atoms with Crippen molar-refractivity contribution in [2.24, 2.45) is 0 Å². The average Bonchev–Trinajstić information content (AvgIpc) is 3.40. The molecule has 12 aromatic carbocycles. The van der Waals surface area contributed by atoms with Crippen LogP contribution in [0.2, 0.25) is 0 Å². The molecule has 0 radical (unpaired) electrons. The van der Waals surface area contributed by atoms with E-state index in [1.807, 2.05) is 6.07 Å². The first kappa shape index (κ1) is 37.8. The number of hydrogen-bond acceptors (Lipinski definition) is 2. The third-order valence-electron chi connectivity index (χ3n) is 14.4. The van der Waals surface area contributed by atoms with Crippen LogP contribution in [0.25, 0.3) is 87.6 Å². The summed E-state index contributed by atoms with van der Waals surface area (Å²) in [6.45, 7) is 0. The molecule has 0 atom stereocenters. The molecule has 2 nitrogen and oxygen atoms in total. The fourth-order valence-corrected chi connectivity index (χ4v) is 16.6. The quantitative estimate of drug-likeness (QED) is 0.0942. The maximum absolute atomic E-state index is 7.13. The molecule has 12 aromatic rings. The van der Waals surface area contributed by atoms with Crippen molar-refractivity contribution in [2.45, 2.75) is 0 Å². The second-order valence-electron chi connectivity index (χ2n) is 17.8. The molecule has 2 aliphatic heterocycles. The van der Waals surface area contributed by atoms with Crippen molar-refractivity contribution in [1.82, 2.24) is 0 Å². The summed E-state index contributed by atoms with van der Waals surface area (Å²) in [5.74, 6) is 3.54. The third-order valence-corrected chi connectivity index (χ3v) is 19.2. The topological polar surface area (TPSA) is 18.5 Å². The molecule has 312 valence electrons. The Morgan fingerprint density at radius 2 is 0.687 bits per heavy atom. The van der Waals surface area contributed by atoms with Gasteiger partial charge in [0, 0.05) is 21.9 Å². The second-order valence-corrected chi connectivity index (χ2v) is 21.5. The lowest BCUT2D eigenvalue weighted by atomic mass is 9.83. The van der Waals surface area contributed by atoms with Gasteiger partial charge in [0.15, 0.2) is 8.07 Å². The van der Waals surface area contributed by atoms with E-state index < -0.39 is 8.07 Å². The van der Waals surface area contributed by atoms with Crippen molar-refractivity contribution in [2.75, 3.05) is 0 Å². The Labute approximate surface area is 389 Å². The minimum atomic E-state index is -2.82. The van der Waals surface area contributed by atoms with E-state index in [1.165, 1.54) is 80.9 Å². The molecular formula is C64H40O2Si. The minimum absolute atomic E-state index is 0.865. The molecule has 14 rings (SSSR count). The summed E-state index contributed by atoms with van der Waals surface area (Å²) in [4.78, 5) is 0. The van der Waals surface area contributed by atoms with Crippen molar-refractivity contribution in [1.29, 1.82) is 0 Å². The van der Waals surface area contributed by atoms with E-state index in [2.05, 4.69) is 237 Å². The van der Waals surface area contributed by atoms with E-state index in [4.69, 9.17) is 9.47 Å². The van der Waals surface area contributed by atoms with Crippen molar-refractivity contribution in [3.8, 4) is 67.5 Å². The van der Waals surface area contributed by atoms with Gasteiger partial charge in [-0.15, -0.1) is 0 Å². The molecule has 2 aliphatic rings. The minimum Gasteiger partial charge on any atom is -0.456 e. The zero-order valence-electron chi connectivity index (χ0n) is 36.4. The van der Waals surface area contributed by atoms with Gasteiger partial charge in [0.1, 0.15) is 23.0 Å². The second kappa shape index (κ2) is 14.8. The van der Waals surface area contributed by atoms with E-state index in [0.717, 1.165) is 50.5 Å². The molecule has 0 bridgehead atoms. The fraction of sp³-hybridized carbons (Fsp3) is 0. The molecule has 0 spiro atoms. The van der Waals surface area contributed by atoms with Crippen molar-refractivity contribution >= 4 is 71.9 Å². The molecule has 0 saturated heterocycles. The third kappa shape index (κ3) is 5.50. The van der Waals surface area contributed by atoms with E-state index in [0.29, 0.717) is 0 Å². The Hall–Kier alpha value is -8.50. The van der Waals surface area contributed by atoms with Crippen LogP contribution in [0.5, 0.6) is 23.0 Å². The molecular weight excluding hydrogens is 829 g/mol. The Morgan fingerprint density at radius 3 is 1.36 bits per heavy atom. The highest BCUT2D eigenvalue weighted by Gasteiger charge is 2.43. The van der Waals surface area contributed by atoms with Crippen LogP contribution < -0.4 is 30.2 Å². The molecule has 3 heteroatoms. The zero-order valence-corrected chi connectivity index (χ0v) is 37.4. The van der Waals surface area contributed by atoms with Gasteiger partial charge in [-0.3, -0.25) is 0 Å². The van der Waals surface area contributed by atoms with Gasteiger partial charge < -0.3 is 9.47 Å². The largest absolute Gasteiger partial charge is 0.456 e. The molecule has 0 unspecified atom stereocenters. The first-order valence-corrected chi connectivity index (χ1v) is 25.1. The summed E-state index contributed by atoms with van der Waals surface area (Å²) in [6, 6.07) is 89.0. The molecule has 0 fully saturated rings. The molecule has 0 N–H and O–H groups in total. The van der Waals surface area contributed by atoms with Gasteiger partial charge in [0.05, 0.1) is 0 Å². The van der Waals surface area contributed by atoms with E-state index in [1.54, 1.807) is 0 Å². The van der Waals surface area contributed by atoms with Crippen molar-refractivity contribution in [3.05, 3.63) is 243 Å².